The average molecular weight is 267 g/mol. The lowest BCUT2D eigenvalue weighted by atomic mass is 10.0. The molecule has 0 saturated carbocycles. The normalized spacial score (nSPS) is 21.9. The lowest BCUT2D eigenvalue weighted by Gasteiger charge is -2.16. The van der Waals surface area contributed by atoms with Crippen molar-refractivity contribution in [2.45, 2.75) is 32.0 Å². The van der Waals surface area contributed by atoms with Crippen molar-refractivity contribution in [3.63, 3.8) is 0 Å². The van der Waals surface area contributed by atoms with Crippen LogP contribution >= 0.6 is 0 Å². The first-order valence-corrected chi connectivity index (χ1v) is 7.37. The molecule has 1 fully saturated rings. The standard InChI is InChI=1S/C18H21NO/c1-14-11-12-16(20-14)13-19-18-10-6-5-9-17(18)15-7-3-2-4-8-15/h2-10,14,16,19H,11-13H2,1H3. The molecular formula is C18H21NO. The predicted molar refractivity (Wildman–Crippen MR) is 83.9 cm³/mol. The van der Waals surface area contributed by atoms with Crippen LogP contribution in [0.4, 0.5) is 5.69 Å². The van der Waals surface area contributed by atoms with E-state index >= 15 is 0 Å². The molecule has 104 valence electrons. The third kappa shape index (κ3) is 3.02. The largest absolute Gasteiger partial charge is 0.382 e. The Hall–Kier alpha value is -1.80. The van der Waals surface area contributed by atoms with Gasteiger partial charge in [-0.15, -0.1) is 0 Å². The Bertz CT molecular complexity index is 552. The predicted octanol–water partition coefficient (Wildman–Crippen LogP) is 4.33. The number of nitrogens with one attached hydrogen (secondary N) is 1. The zero-order valence-electron chi connectivity index (χ0n) is 11.9. The van der Waals surface area contributed by atoms with Gasteiger partial charge in [-0.05, 0) is 31.4 Å². The fourth-order valence-corrected chi connectivity index (χ4v) is 2.77. The highest BCUT2D eigenvalue weighted by molar-refractivity contribution is 5.77. The topological polar surface area (TPSA) is 21.3 Å². The van der Waals surface area contributed by atoms with E-state index in [1.54, 1.807) is 0 Å². The molecule has 1 aliphatic heterocycles. The first-order chi connectivity index (χ1) is 9.83. The first-order valence-electron chi connectivity index (χ1n) is 7.37. The lowest BCUT2D eigenvalue weighted by molar-refractivity contribution is 0.0637. The maximum atomic E-state index is 5.87. The Balaban J connectivity index is 1.73. The molecule has 1 aliphatic rings. The maximum Gasteiger partial charge on any atom is 0.0751 e. The van der Waals surface area contributed by atoms with Gasteiger partial charge in [0.25, 0.3) is 0 Å². The van der Waals surface area contributed by atoms with Gasteiger partial charge in [0.1, 0.15) is 0 Å². The van der Waals surface area contributed by atoms with Crippen LogP contribution in [-0.4, -0.2) is 18.8 Å². The molecule has 0 aliphatic carbocycles. The van der Waals surface area contributed by atoms with Gasteiger partial charge in [0, 0.05) is 17.8 Å². The second-order valence-corrected chi connectivity index (χ2v) is 5.44. The summed E-state index contributed by atoms with van der Waals surface area (Å²) in [5.74, 6) is 0. The van der Waals surface area contributed by atoms with Crippen molar-refractivity contribution >= 4 is 5.69 Å². The van der Waals surface area contributed by atoms with Crippen LogP contribution in [0.1, 0.15) is 19.8 Å². The van der Waals surface area contributed by atoms with Gasteiger partial charge in [0.05, 0.1) is 12.2 Å². The van der Waals surface area contributed by atoms with Gasteiger partial charge < -0.3 is 10.1 Å². The fourth-order valence-electron chi connectivity index (χ4n) is 2.77. The molecule has 3 rings (SSSR count). The zero-order chi connectivity index (χ0) is 13.8. The molecule has 2 heteroatoms. The smallest absolute Gasteiger partial charge is 0.0751 e. The number of anilines is 1. The van der Waals surface area contributed by atoms with E-state index < -0.39 is 0 Å². The van der Waals surface area contributed by atoms with Crippen LogP contribution in [0.25, 0.3) is 11.1 Å². The van der Waals surface area contributed by atoms with Gasteiger partial charge in [-0.2, -0.15) is 0 Å². The van der Waals surface area contributed by atoms with Gasteiger partial charge in [0.15, 0.2) is 0 Å². The summed E-state index contributed by atoms with van der Waals surface area (Å²) in [5.41, 5.74) is 3.68. The third-order valence-corrected chi connectivity index (χ3v) is 3.85. The van der Waals surface area contributed by atoms with Crippen molar-refractivity contribution in [1.82, 2.24) is 0 Å². The van der Waals surface area contributed by atoms with Gasteiger partial charge in [-0.3, -0.25) is 0 Å². The van der Waals surface area contributed by atoms with Crippen molar-refractivity contribution in [1.29, 1.82) is 0 Å². The van der Waals surface area contributed by atoms with Crippen molar-refractivity contribution in [3.05, 3.63) is 54.6 Å². The van der Waals surface area contributed by atoms with Crippen LogP contribution < -0.4 is 5.32 Å². The Morgan fingerprint density at radius 3 is 2.50 bits per heavy atom. The summed E-state index contributed by atoms with van der Waals surface area (Å²) in [6.07, 6.45) is 3.08. The molecule has 1 N–H and O–H groups in total. The molecule has 0 amide bonds. The molecule has 2 nitrogen and oxygen atoms in total. The molecule has 0 aromatic heterocycles. The van der Waals surface area contributed by atoms with Crippen molar-refractivity contribution in [2.24, 2.45) is 0 Å². The Labute approximate surface area is 120 Å². The Morgan fingerprint density at radius 2 is 1.75 bits per heavy atom. The maximum absolute atomic E-state index is 5.87. The minimum Gasteiger partial charge on any atom is -0.382 e. The Kier molecular flexibility index (Phi) is 4.03. The minimum absolute atomic E-state index is 0.342. The van der Waals surface area contributed by atoms with E-state index in [4.69, 9.17) is 4.74 Å². The molecule has 1 saturated heterocycles. The van der Waals surface area contributed by atoms with Gasteiger partial charge in [0.2, 0.25) is 0 Å². The average Bonchev–Trinajstić information content (AvgIpc) is 2.92. The van der Waals surface area contributed by atoms with E-state index in [0.717, 1.165) is 13.0 Å². The Morgan fingerprint density at radius 1 is 1.00 bits per heavy atom. The lowest BCUT2D eigenvalue weighted by Crippen LogP contribution is -2.20. The summed E-state index contributed by atoms with van der Waals surface area (Å²) in [6.45, 7) is 3.03. The summed E-state index contributed by atoms with van der Waals surface area (Å²) < 4.78 is 5.87. The summed E-state index contributed by atoms with van der Waals surface area (Å²) in [7, 11) is 0. The molecule has 20 heavy (non-hydrogen) atoms. The number of hydrogen-bond acceptors (Lipinski definition) is 2. The summed E-state index contributed by atoms with van der Waals surface area (Å²) in [5, 5.41) is 3.55. The molecule has 2 aromatic carbocycles. The molecule has 2 aromatic rings. The van der Waals surface area contributed by atoms with Gasteiger partial charge >= 0.3 is 0 Å². The van der Waals surface area contributed by atoms with Crippen molar-refractivity contribution < 1.29 is 4.74 Å². The first kappa shape index (κ1) is 13.2. The van der Waals surface area contributed by atoms with E-state index in [9.17, 15) is 0 Å². The number of rotatable bonds is 4. The second kappa shape index (κ2) is 6.10. The van der Waals surface area contributed by atoms with E-state index in [-0.39, 0.29) is 0 Å². The van der Waals surface area contributed by atoms with Crippen LogP contribution in [0.2, 0.25) is 0 Å². The molecule has 2 atom stereocenters. The van der Waals surface area contributed by atoms with Crippen molar-refractivity contribution in [2.75, 3.05) is 11.9 Å². The summed E-state index contributed by atoms with van der Waals surface area (Å²) >= 11 is 0. The van der Waals surface area contributed by atoms with Crippen LogP contribution in [0, 0.1) is 0 Å². The minimum atomic E-state index is 0.342. The van der Waals surface area contributed by atoms with Crippen LogP contribution in [0.3, 0.4) is 0 Å². The van der Waals surface area contributed by atoms with E-state index in [1.165, 1.54) is 23.2 Å². The summed E-state index contributed by atoms with van der Waals surface area (Å²) in [6, 6.07) is 19.0. The van der Waals surface area contributed by atoms with Crippen molar-refractivity contribution in [3.8, 4) is 11.1 Å². The number of hydrogen-bond donors (Lipinski definition) is 1. The number of benzene rings is 2. The SMILES string of the molecule is CC1CCC(CNc2ccccc2-c2ccccc2)O1. The van der Waals surface area contributed by atoms with E-state index in [0.29, 0.717) is 12.2 Å². The van der Waals surface area contributed by atoms with Gasteiger partial charge in [-0.25, -0.2) is 0 Å². The molecule has 0 spiro atoms. The fraction of sp³-hybridized carbons (Fsp3) is 0.333. The van der Waals surface area contributed by atoms with Gasteiger partial charge in [-0.1, -0.05) is 48.5 Å². The molecule has 0 radical (unpaired) electrons. The van der Waals surface area contributed by atoms with E-state index in [1.807, 2.05) is 6.07 Å². The number of ether oxygens (including phenoxy) is 1. The third-order valence-electron chi connectivity index (χ3n) is 3.85. The van der Waals surface area contributed by atoms with Crippen LogP contribution in [0.5, 0.6) is 0 Å². The molecule has 0 bridgehead atoms. The van der Waals surface area contributed by atoms with Crippen LogP contribution in [-0.2, 0) is 4.74 Å². The summed E-state index contributed by atoms with van der Waals surface area (Å²) in [4.78, 5) is 0. The van der Waals surface area contributed by atoms with Crippen LogP contribution in [0.15, 0.2) is 54.6 Å². The highest BCUT2D eigenvalue weighted by Crippen LogP contribution is 2.28. The zero-order valence-corrected chi connectivity index (χ0v) is 11.9. The highest BCUT2D eigenvalue weighted by Gasteiger charge is 2.21. The molecular weight excluding hydrogens is 246 g/mol. The molecule has 1 heterocycles. The highest BCUT2D eigenvalue weighted by atomic mass is 16.5. The monoisotopic (exact) mass is 267 g/mol. The number of para-hydroxylation sites is 1. The molecule has 2 unspecified atom stereocenters. The quantitative estimate of drug-likeness (QED) is 0.890. The van der Waals surface area contributed by atoms with E-state index in [2.05, 4.69) is 60.8 Å². The second-order valence-electron chi connectivity index (χ2n) is 5.44.